The Labute approximate surface area is 331 Å². The Balaban J connectivity index is 2.49. The lowest BCUT2D eigenvalue weighted by atomic mass is 9.85. The first kappa shape index (κ1) is 51.6. The van der Waals surface area contributed by atoms with Crippen LogP contribution in [0.1, 0.15) is 181 Å². The minimum absolute atomic E-state index is 0.0953. The SMILES string of the molecule is CCCCCC/C=C/CCCCCCCCCC(=O)O[C@H](COC(=O)CCCCCCCCCCCCC)COP(=O)(O)OC1C(O)C(O)C(O)[C@@H](O)C1O. The molecule has 0 spiro atoms. The summed E-state index contributed by atoms with van der Waals surface area (Å²) in [7, 11) is -5.11. The fourth-order valence-electron chi connectivity index (χ4n) is 6.58. The Bertz CT molecular complexity index is 1030. The predicted octanol–water partition coefficient (Wildman–Crippen LogP) is 7.50. The molecular formula is C41H77O13P. The lowest BCUT2D eigenvalue weighted by molar-refractivity contribution is -0.220. The van der Waals surface area contributed by atoms with Crippen LogP contribution < -0.4 is 0 Å². The van der Waals surface area contributed by atoms with Crippen molar-refractivity contribution in [1.29, 1.82) is 0 Å². The molecule has 13 nitrogen and oxygen atoms in total. The number of unbranched alkanes of at least 4 members (excludes halogenated alkanes) is 21. The lowest BCUT2D eigenvalue weighted by Crippen LogP contribution is -2.64. The molecule has 0 radical (unpaired) electrons. The predicted molar refractivity (Wildman–Crippen MR) is 212 cm³/mol. The van der Waals surface area contributed by atoms with Crippen molar-refractivity contribution in [2.45, 2.75) is 224 Å². The summed E-state index contributed by atoms with van der Waals surface area (Å²) in [5.41, 5.74) is 0. The van der Waals surface area contributed by atoms with Crippen LogP contribution in [0.2, 0.25) is 0 Å². The van der Waals surface area contributed by atoms with Crippen molar-refractivity contribution in [1.82, 2.24) is 0 Å². The van der Waals surface area contributed by atoms with E-state index >= 15 is 0 Å². The molecule has 6 N–H and O–H groups in total. The molecule has 324 valence electrons. The number of carbonyl (C=O) groups is 2. The van der Waals surface area contributed by atoms with Crippen LogP contribution >= 0.6 is 7.82 Å². The maximum Gasteiger partial charge on any atom is 0.472 e. The highest BCUT2D eigenvalue weighted by atomic mass is 31.2. The zero-order valence-corrected chi connectivity index (χ0v) is 34.9. The number of hydrogen-bond donors (Lipinski definition) is 6. The summed E-state index contributed by atoms with van der Waals surface area (Å²) in [5, 5.41) is 50.0. The molecule has 1 aliphatic rings. The molecule has 0 heterocycles. The third kappa shape index (κ3) is 25.5. The quantitative estimate of drug-likeness (QED) is 0.0159. The number of aliphatic hydroxyl groups excluding tert-OH is 5. The largest absolute Gasteiger partial charge is 0.472 e. The smallest absolute Gasteiger partial charge is 0.462 e. The second-order valence-electron chi connectivity index (χ2n) is 15.2. The Kier molecular flexibility index (Phi) is 30.5. The summed E-state index contributed by atoms with van der Waals surface area (Å²) < 4.78 is 33.4. The molecule has 14 heteroatoms. The van der Waals surface area contributed by atoms with E-state index in [4.69, 9.17) is 18.5 Å². The van der Waals surface area contributed by atoms with E-state index in [0.717, 1.165) is 57.8 Å². The third-order valence-corrected chi connectivity index (χ3v) is 11.1. The molecule has 1 aliphatic carbocycles. The van der Waals surface area contributed by atoms with E-state index in [2.05, 4.69) is 26.0 Å². The molecule has 0 amide bonds. The first-order chi connectivity index (χ1) is 26.4. The van der Waals surface area contributed by atoms with Crippen LogP contribution in [-0.4, -0.2) is 98.3 Å². The number of aliphatic hydroxyl groups is 5. The Hall–Kier alpha value is -1.41. The number of hydrogen-bond acceptors (Lipinski definition) is 12. The topological polar surface area (TPSA) is 210 Å². The van der Waals surface area contributed by atoms with Gasteiger partial charge in [-0.15, -0.1) is 0 Å². The van der Waals surface area contributed by atoms with Gasteiger partial charge in [-0.05, 0) is 38.5 Å². The van der Waals surface area contributed by atoms with Gasteiger partial charge in [-0.25, -0.2) is 4.57 Å². The molecule has 0 aromatic carbocycles. The Morgan fingerprint density at radius 3 is 1.40 bits per heavy atom. The average molecular weight is 809 g/mol. The highest BCUT2D eigenvalue weighted by Gasteiger charge is 2.51. The van der Waals surface area contributed by atoms with Crippen LogP contribution in [0.25, 0.3) is 0 Å². The zero-order chi connectivity index (χ0) is 40.7. The monoisotopic (exact) mass is 809 g/mol. The Morgan fingerprint density at radius 2 is 0.927 bits per heavy atom. The number of ether oxygens (including phenoxy) is 2. The Morgan fingerprint density at radius 1 is 0.545 bits per heavy atom. The first-order valence-electron chi connectivity index (χ1n) is 21.5. The fraction of sp³-hybridized carbons (Fsp3) is 0.902. The van der Waals surface area contributed by atoms with Gasteiger partial charge in [-0.3, -0.25) is 18.6 Å². The van der Waals surface area contributed by atoms with E-state index in [9.17, 15) is 44.6 Å². The van der Waals surface area contributed by atoms with E-state index in [1.807, 2.05) is 0 Å². The molecule has 0 aromatic rings. The van der Waals surface area contributed by atoms with Gasteiger partial charge < -0.3 is 39.9 Å². The van der Waals surface area contributed by atoms with E-state index in [1.54, 1.807) is 0 Å². The van der Waals surface area contributed by atoms with Crippen LogP contribution in [0.15, 0.2) is 12.2 Å². The molecule has 1 fully saturated rings. The third-order valence-electron chi connectivity index (χ3n) is 10.1. The second-order valence-corrected chi connectivity index (χ2v) is 16.6. The summed E-state index contributed by atoms with van der Waals surface area (Å²) in [5.74, 6) is -1.10. The molecule has 6 unspecified atom stereocenters. The molecular weight excluding hydrogens is 731 g/mol. The van der Waals surface area contributed by atoms with E-state index in [1.165, 1.54) is 83.5 Å². The summed E-state index contributed by atoms with van der Waals surface area (Å²) in [4.78, 5) is 35.5. The molecule has 1 rings (SSSR count). The highest BCUT2D eigenvalue weighted by molar-refractivity contribution is 7.47. The van der Waals surface area contributed by atoms with Crippen LogP contribution in [0.4, 0.5) is 0 Å². The van der Waals surface area contributed by atoms with Gasteiger partial charge in [0.05, 0.1) is 6.61 Å². The van der Waals surface area contributed by atoms with Gasteiger partial charge in [0.1, 0.15) is 43.2 Å². The van der Waals surface area contributed by atoms with Crippen LogP contribution in [0, 0.1) is 0 Å². The molecule has 8 atom stereocenters. The molecule has 0 aromatic heterocycles. The van der Waals surface area contributed by atoms with Gasteiger partial charge in [-0.2, -0.15) is 0 Å². The van der Waals surface area contributed by atoms with Crippen LogP contribution in [0.3, 0.4) is 0 Å². The normalized spacial score (nSPS) is 23.1. The lowest BCUT2D eigenvalue weighted by Gasteiger charge is -2.41. The summed E-state index contributed by atoms with van der Waals surface area (Å²) in [6.07, 6.45) is 18.5. The van der Waals surface area contributed by atoms with Crippen LogP contribution in [-0.2, 0) is 32.7 Å². The van der Waals surface area contributed by atoms with Gasteiger partial charge in [0, 0.05) is 12.8 Å². The summed E-state index contributed by atoms with van der Waals surface area (Å²) in [6, 6.07) is 0. The second kappa shape index (κ2) is 32.5. The standard InChI is InChI=1S/C41H77O13P/c1-3-5-7-9-11-13-15-16-17-18-20-22-24-26-28-30-35(43)53-33(31-51-34(42)29-27-25-23-21-19-14-12-10-8-6-4-2)32-52-55(49,50)54-41-39(47)37(45)36(44)38(46)40(41)48/h13,15,33,36-41,44-48H,3-12,14,16-32H2,1-2H3,(H,49,50)/b15-13+/t33-,36?,37-,38?,39?,40?,41?/m1/s1. The number of rotatable bonds is 35. The van der Waals surface area contributed by atoms with Gasteiger partial charge in [0.2, 0.25) is 0 Å². The maximum absolute atomic E-state index is 12.8. The number of carbonyl (C=O) groups excluding carboxylic acids is 2. The summed E-state index contributed by atoms with van der Waals surface area (Å²) in [6.45, 7) is 3.26. The van der Waals surface area contributed by atoms with Crippen molar-refractivity contribution in [2.75, 3.05) is 13.2 Å². The number of phosphoric ester groups is 1. The van der Waals surface area contributed by atoms with Crippen LogP contribution in [0.5, 0.6) is 0 Å². The van der Waals surface area contributed by atoms with E-state index in [0.29, 0.717) is 12.8 Å². The molecule has 0 aliphatic heterocycles. The van der Waals surface area contributed by atoms with Crippen molar-refractivity contribution in [2.24, 2.45) is 0 Å². The minimum Gasteiger partial charge on any atom is -0.462 e. The van der Waals surface area contributed by atoms with E-state index < -0.39 is 75.7 Å². The van der Waals surface area contributed by atoms with Crippen molar-refractivity contribution in [3.8, 4) is 0 Å². The highest BCUT2D eigenvalue weighted by Crippen LogP contribution is 2.47. The molecule has 1 saturated carbocycles. The van der Waals surface area contributed by atoms with Gasteiger partial charge in [-0.1, -0.05) is 142 Å². The number of phosphoric acid groups is 1. The fourth-order valence-corrected chi connectivity index (χ4v) is 7.55. The van der Waals surface area contributed by atoms with Crippen molar-refractivity contribution >= 4 is 19.8 Å². The van der Waals surface area contributed by atoms with Crippen molar-refractivity contribution < 1.29 is 63.1 Å². The summed E-state index contributed by atoms with van der Waals surface area (Å²) >= 11 is 0. The van der Waals surface area contributed by atoms with Gasteiger partial charge in [0.25, 0.3) is 0 Å². The van der Waals surface area contributed by atoms with Crippen molar-refractivity contribution in [3.63, 3.8) is 0 Å². The maximum atomic E-state index is 12.8. The molecule has 55 heavy (non-hydrogen) atoms. The van der Waals surface area contributed by atoms with Crippen molar-refractivity contribution in [3.05, 3.63) is 12.2 Å². The average Bonchev–Trinajstić information content (AvgIpc) is 3.16. The number of esters is 2. The minimum atomic E-state index is -5.11. The molecule has 0 saturated heterocycles. The van der Waals surface area contributed by atoms with Gasteiger partial charge >= 0.3 is 19.8 Å². The first-order valence-corrected chi connectivity index (χ1v) is 23.0. The zero-order valence-electron chi connectivity index (χ0n) is 34.0. The van der Waals surface area contributed by atoms with E-state index in [-0.39, 0.29) is 12.8 Å². The van der Waals surface area contributed by atoms with Gasteiger partial charge in [0.15, 0.2) is 6.10 Å². The number of allylic oxidation sites excluding steroid dienone is 2. The molecule has 0 bridgehead atoms.